The van der Waals surface area contributed by atoms with Gasteiger partial charge >= 0.3 is 0 Å². The molecule has 1 N–H and O–H groups in total. The van der Waals surface area contributed by atoms with Crippen LogP contribution >= 0.6 is 11.6 Å². The van der Waals surface area contributed by atoms with Crippen molar-refractivity contribution in [2.75, 3.05) is 32.8 Å². The van der Waals surface area contributed by atoms with E-state index in [1.807, 2.05) is 36.4 Å². The van der Waals surface area contributed by atoms with E-state index in [1.54, 1.807) is 24.3 Å². The molecular formula is C25H27ClN2O4S. The molecule has 0 aliphatic carbocycles. The maximum atomic E-state index is 13.0. The maximum absolute atomic E-state index is 13.0. The third kappa shape index (κ3) is 5.11. The number of sulfonamides is 1. The number of rotatable bonds is 6. The normalized spacial score (nSPS) is 19.6. The summed E-state index contributed by atoms with van der Waals surface area (Å²) in [5.74, 6) is 1.73. The Morgan fingerprint density at radius 2 is 1.79 bits per heavy atom. The first-order chi connectivity index (χ1) is 16.0. The third-order valence-electron chi connectivity index (χ3n) is 6.39. The van der Waals surface area contributed by atoms with E-state index in [-0.39, 0.29) is 6.10 Å². The second-order valence-corrected chi connectivity index (χ2v) is 10.9. The van der Waals surface area contributed by atoms with E-state index in [4.69, 9.17) is 21.1 Å². The fourth-order valence-corrected chi connectivity index (χ4v) is 6.08. The van der Waals surface area contributed by atoms with Crippen LogP contribution in [0.15, 0.2) is 65.6 Å². The molecule has 33 heavy (non-hydrogen) atoms. The molecule has 3 aromatic rings. The number of likely N-dealkylation sites (tertiary alicyclic amines) is 1. The first-order valence-corrected chi connectivity index (χ1v) is 13.1. The summed E-state index contributed by atoms with van der Waals surface area (Å²) in [7, 11) is -3.57. The molecule has 0 saturated carbocycles. The summed E-state index contributed by atoms with van der Waals surface area (Å²) < 4.78 is 40.7. The highest BCUT2D eigenvalue weighted by molar-refractivity contribution is 7.89. The molecule has 5 rings (SSSR count). The Morgan fingerprint density at radius 3 is 2.64 bits per heavy atom. The highest BCUT2D eigenvalue weighted by Crippen LogP contribution is 2.34. The molecule has 0 spiro atoms. The van der Waals surface area contributed by atoms with Gasteiger partial charge < -0.3 is 9.47 Å². The predicted molar refractivity (Wildman–Crippen MR) is 130 cm³/mol. The molecule has 1 unspecified atom stereocenters. The van der Waals surface area contributed by atoms with E-state index in [9.17, 15) is 8.42 Å². The van der Waals surface area contributed by atoms with Crippen molar-refractivity contribution in [2.24, 2.45) is 5.92 Å². The van der Waals surface area contributed by atoms with Crippen molar-refractivity contribution in [3.8, 4) is 11.5 Å². The second kappa shape index (κ2) is 9.50. The zero-order valence-corrected chi connectivity index (χ0v) is 19.8. The number of hydrogen-bond donors (Lipinski definition) is 1. The van der Waals surface area contributed by atoms with Gasteiger partial charge in [-0.3, -0.25) is 4.90 Å². The van der Waals surface area contributed by atoms with Crippen LogP contribution in [0.5, 0.6) is 11.5 Å². The Labute approximate surface area is 199 Å². The predicted octanol–water partition coefficient (Wildman–Crippen LogP) is 4.32. The van der Waals surface area contributed by atoms with Crippen LogP contribution in [0, 0.1) is 5.92 Å². The minimum absolute atomic E-state index is 0.0441. The van der Waals surface area contributed by atoms with Crippen molar-refractivity contribution in [1.29, 1.82) is 0 Å². The summed E-state index contributed by atoms with van der Waals surface area (Å²) in [5, 5.41) is 2.30. The maximum Gasteiger partial charge on any atom is 0.241 e. The fourth-order valence-electron chi connectivity index (χ4n) is 4.58. The monoisotopic (exact) mass is 486 g/mol. The molecule has 174 valence electrons. The van der Waals surface area contributed by atoms with Gasteiger partial charge in [-0.1, -0.05) is 48.0 Å². The van der Waals surface area contributed by atoms with Gasteiger partial charge in [0, 0.05) is 29.6 Å². The van der Waals surface area contributed by atoms with Crippen LogP contribution in [0.1, 0.15) is 12.8 Å². The highest BCUT2D eigenvalue weighted by atomic mass is 35.5. The molecule has 0 radical (unpaired) electrons. The molecule has 2 aliphatic rings. The molecule has 1 fully saturated rings. The number of benzene rings is 3. The van der Waals surface area contributed by atoms with Gasteiger partial charge in [-0.2, -0.15) is 0 Å². The van der Waals surface area contributed by atoms with Crippen molar-refractivity contribution in [3.63, 3.8) is 0 Å². The van der Waals surface area contributed by atoms with Crippen molar-refractivity contribution in [3.05, 3.63) is 65.7 Å². The van der Waals surface area contributed by atoms with Crippen LogP contribution in [0.2, 0.25) is 5.02 Å². The summed E-state index contributed by atoms with van der Waals surface area (Å²) in [6.45, 7) is 3.56. The topological polar surface area (TPSA) is 67.9 Å². The van der Waals surface area contributed by atoms with E-state index in [0.717, 1.165) is 49.0 Å². The van der Waals surface area contributed by atoms with E-state index < -0.39 is 10.0 Å². The van der Waals surface area contributed by atoms with E-state index in [0.29, 0.717) is 34.7 Å². The molecule has 6 nitrogen and oxygen atoms in total. The van der Waals surface area contributed by atoms with Gasteiger partial charge in [-0.15, -0.1) is 0 Å². The molecule has 2 aliphatic heterocycles. The number of fused-ring (bicyclic) bond motifs is 2. The van der Waals surface area contributed by atoms with Crippen molar-refractivity contribution in [2.45, 2.75) is 23.8 Å². The van der Waals surface area contributed by atoms with Crippen LogP contribution in [0.3, 0.4) is 0 Å². The Kier molecular flexibility index (Phi) is 6.47. The summed E-state index contributed by atoms with van der Waals surface area (Å²) in [5.41, 5.74) is 0. The fraction of sp³-hybridized carbons (Fsp3) is 0.360. The summed E-state index contributed by atoms with van der Waals surface area (Å²) in [6, 6.07) is 18.4. The number of nitrogens with zero attached hydrogens (tertiary/aromatic N) is 1. The number of nitrogens with one attached hydrogen (secondary N) is 1. The SMILES string of the molecule is O=S(=O)(NCC1CCN(CC2COc3ccc(Cl)cc3O2)CC1)c1cccc2ccccc12. The first kappa shape index (κ1) is 22.5. The lowest BCUT2D eigenvalue weighted by atomic mass is 9.97. The lowest BCUT2D eigenvalue weighted by Crippen LogP contribution is -2.45. The van der Waals surface area contributed by atoms with E-state index in [1.165, 1.54) is 0 Å². The van der Waals surface area contributed by atoms with Crippen LogP contribution in [0.4, 0.5) is 0 Å². The molecule has 1 saturated heterocycles. The third-order valence-corrected chi connectivity index (χ3v) is 8.11. The standard InChI is InChI=1S/C25H27ClN2O4S/c26-20-8-9-23-24(14-20)32-21(17-31-23)16-28-12-10-18(11-13-28)15-27-33(29,30)25-7-3-5-19-4-1-2-6-22(19)25/h1-9,14,18,21,27H,10-13,15-17H2. The van der Waals surface area contributed by atoms with Gasteiger partial charge in [0.1, 0.15) is 12.7 Å². The molecule has 8 heteroatoms. The van der Waals surface area contributed by atoms with E-state index >= 15 is 0 Å². The zero-order valence-electron chi connectivity index (χ0n) is 18.2. The van der Waals surface area contributed by atoms with Crippen LogP contribution in [-0.4, -0.2) is 52.2 Å². The van der Waals surface area contributed by atoms with Gasteiger partial charge in [0.05, 0.1) is 4.90 Å². The minimum atomic E-state index is -3.57. The quantitative estimate of drug-likeness (QED) is 0.562. The molecule has 0 bridgehead atoms. The Bertz CT molecular complexity index is 1240. The Morgan fingerprint density at radius 1 is 1.00 bits per heavy atom. The van der Waals surface area contributed by atoms with Crippen LogP contribution in [-0.2, 0) is 10.0 Å². The highest BCUT2D eigenvalue weighted by Gasteiger charge is 2.27. The molecule has 0 aromatic heterocycles. The van der Waals surface area contributed by atoms with E-state index in [2.05, 4.69) is 9.62 Å². The smallest absolute Gasteiger partial charge is 0.241 e. The number of piperidine rings is 1. The van der Waals surface area contributed by atoms with Crippen LogP contribution in [0.25, 0.3) is 10.8 Å². The van der Waals surface area contributed by atoms with Crippen molar-refractivity contribution in [1.82, 2.24) is 9.62 Å². The van der Waals surface area contributed by atoms with Gasteiger partial charge in [0.25, 0.3) is 0 Å². The van der Waals surface area contributed by atoms with Crippen molar-refractivity contribution >= 4 is 32.4 Å². The second-order valence-electron chi connectivity index (χ2n) is 8.72. The van der Waals surface area contributed by atoms with Gasteiger partial charge in [-0.05, 0) is 55.4 Å². The molecule has 0 amide bonds. The van der Waals surface area contributed by atoms with Gasteiger partial charge in [0.15, 0.2) is 11.5 Å². The summed E-state index contributed by atoms with van der Waals surface area (Å²) in [4.78, 5) is 2.70. The van der Waals surface area contributed by atoms with Gasteiger partial charge in [0.2, 0.25) is 10.0 Å². The number of ether oxygens (including phenoxy) is 2. The zero-order chi connectivity index (χ0) is 22.8. The summed E-state index contributed by atoms with van der Waals surface area (Å²) in [6.07, 6.45) is 1.83. The van der Waals surface area contributed by atoms with Gasteiger partial charge in [-0.25, -0.2) is 13.1 Å². The van der Waals surface area contributed by atoms with Crippen molar-refractivity contribution < 1.29 is 17.9 Å². The molecule has 3 aromatic carbocycles. The number of halogens is 1. The molecule has 1 atom stereocenters. The number of hydrogen-bond acceptors (Lipinski definition) is 5. The largest absolute Gasteiger partial charge is 0.486 e. The average molecular weight is 487 g/mol. The molecule has 2 heterocycles. The summed E-state index contributed by atoms with van der Waals surface area (Å²) >= 11 is 6.07. The lowest BCUT2D eigenvalue weighted by molar-refractivity contribution is 0.0481. The lowest BCUT2D eigenvalue weighted by Gasteiger charge is -2.35. The average Bonchev–Trinajstić information content (AvgIpc) is 2.83. The van der Waals surface area contributed by atoms with Crippen LogP contribution < -0.4 is 14.2 Å². The Hall–Kier alpha value is -2.32. The molecular weight excluding hydrogens is 460 g/mol. The Balaban J connectivity index is 1.13. The first-order valence-electron chi connectivity index (χ1n) is 11.3. The minimum Gasteiger partial charge on any atom is -0.486 e.